The van der Waals surface area contributed by atoms with Gasteiger partial charge < -0.3 is 0 Å². The number of hydrogen-bond acceptors (Lipinski definition) is 2. The summed E-state index contributed by atoms with van der Waals surface area (Å²) >= 11 is 3.44. The molecule has 0 aliphatic carbocycles. The van der Waals surface area contributed by atoms with Crippen molar-refractivity contribution in [3.8, 4) is 0 Å². The molecule has 0 amide bonds. The maximum absolute atomic E-state index is 12.2. The van der Waals surface area contributed by atoms with E-state index >= 15 is 0 Å². The quantitative estimate of drug-likeness (QED) is 0.805. The van der Waals surface area contributed by atoms with E-state index < -0.39 is 0 Å². The van der Waals surface area contributed by atoms with Crippen molar-refractivity contribution in [2.24, 2.45) is 0 Å². The van der Waals surface area contributed by atoms with Crippen LogP contribution in [-0.2, 0) is 0 Å². The first kappa shape index (κ1) is 11.3. The van der Waals surface area contributed by atoms with Crippen LogP contribution in [0.5, 0.6) is 0 Å². The third-order valence-corrected chi connectivity index (χ3v) is 3.56. The lowest BCUT2D eigenvalue weighted by molar-refractivity contribution is 0.573. The molecular weight excluding hydrogens is 268 g/mol. The van der Waals surface area contributed by atoms with Gasteiger partial charge in [0.25, 0.3) is 5.56 Å². The lowest BCUT2D eigenvalue weighted by Gasteiger charge is -2.11. The molecule has 16 heavy (non-hydrogen) atoms. The molecule has 2 rings (SSSR count). The zero-order chi connectivity index (χ0) is 11.9. The van der Waals surface area contributed by atoms with Crippen LogP contribution in [0.2, 0.25) is 0 Å². The Bertz CT molecular complexity index is 602. The van der Waals surface area contributed by atoms with Crippen LogP contribution in [0.1, 0.15) is 25.5 Å². The molecule has 1 aromatic carbocycles. The molecule has 0 radical (unpaired) electrons. The Morgan fingerprint density at radius 3 is 2.69 bits per heavy atom. The van der Waals surface area contributed by atoms with E-state index in [0.717, 1.165) is 15.6 Å². The van der Waals surface area contributed by atoms with E-state index in [-0.39, 0.29) is 11.6 Å². The fourth-order valence-electron chi connectivity index (χ4n) is 1.72. The summed E-state index contributed by atoms with van der Waals surface area (Å²) in [6.45, 7) is 5.88. The van der Waals surface area contributed by atoms with Gasteiger partial charge in [-0.15, -0.1) is 0 Å². The molecule has 3 nitrogen and oxygen atoms in total. The van der Waals surface area contributed by atoms with Crippen LogP contribution < -0.4 is 5.56 Å². The lowest BCUT2D eigenvalue weighted by Crippen LogP contribution is -2.22. The predicted octanol–water partition coefficient (Wildman–Crippen LogP) is 3.05. The van der Waals surface area contributed by atoms with Gasteiger partial charge in [-0.05, 0) is 38.5 Å². The second-order valence-electron chi connectivity index (χ2n) is 4.12. The van der Waals surface area contributed by atoms with Crippen LogP contribution in [0.25, 0.3) is 10.9 Å². The van der Waals surface area contributed by atoms with E-state index in [2.05, 4.69) is 20.9 Å². The zero-order valence-corrected chi connectivity index (χ0v) is 11.1. The highest BCUT2D eigenvalue weighted by molar-refractivity contribution is 9.10. The average Bonchev–Trinajstić information content (AvgIpc) is 2.23. The number of fused-ring (bicyclic) bond motifs is 1. The van der Waals surface area contributed by atoms with Gasteiger partial charge in [0.1, 0.15) is 0 Å². The summed E-state index contributed by atoms with van der Waals surface area (Å²) in [5.41, 5.74) is 1.73. The Morgan fingerprint density at radius 2 is 2.06 bits per heavy atom. The van der Waals surface area contributed by atoms with Crippen LogP contribution in [-0.4, -0.2) is 9.55 Å². The molecular formula is C12H13BrN2O. The normalized spacial score (nSPS) is 11.3. The Labute approximate surface area is 102 Å². The summed E-state index contributed by atoms with van der Waals surface area (Å²) in [6, 6.07) is 3.91. The first-order valence-electron chi connectivity index (χ1n) is 5.18. The van der Waals surface area contributed by atoms with Crippen LogP contribution in [0.4, 0.5) is 0 Å². The number of rotatable bonds is 1. The SMILES string of the molecule is Cc1c(Br)ccc2ncn(C(C)C)c(=O)c12. The minimum absolute atomic E-state index is 0.0267. The Balaban J connectivity index is 2.93. The number of benzene rings is 1. The van der Waals surface area contributed by atoms with Crippen LogP contribution in [0.15, 0.2) is 27.7 Å². The number of aromatic nitrogens is 2. The molecule has 0 aliphatic rings. The third-order valence-electron chi connectivity index (χ3n) is 2.70. The molecule has 0 unspecified atom stereocenters. The number of aryl methyl sites for hydroxylation is 1. The molecule has 1 aromatic heterocycles. The van der Waals surface area contributed by atoms with E-state index in [1.807, 2.05) is 32.9 Å². The first-order valence-corrected chi connectivity index (χ1v) is 5.97. The van der Waals surface area contributed by atoms with Gasteiger partial charge in [0.05, 0.1) is 17.2 Å². The van der Waals surface area contributed by atoms with Crippen molar-refractivity contribution in [3.05, 3.63) is 38.9 Å². The number of halogens is 1. The van der Waals surface area contributed by atoms with E-state index in [9.17, 15) is 4.79 Å². The van der Waals surface area contributed by atoms with Crippen molar-refractivity contribution in [2.75, 3.05) is 0 Å². The topological polar surface area (TPSA) is 34.9 Å². The molecule has 0 atom stereocenters. The minimum atomic E-state index is 0.0267. The summed E-state index contributed by atoms with van der Waals surface area (Å²) in [6.07, 6.45) is 1.61. The number of nitrogens with zero attached hydrogens (tertiary/aromatic N) is 2. The molecule has 1 heterocycles. The standard InChI is InChI=1S/C12H13BrN2O/c1-7(2)15-6-14-10-5-4-9(13)8(3)11(10)12(15)16/h4-7H,1-3H3. The van der Waals surface area contributed by atoms with Gasteiger partial charge in [-0.25, -0.2) is 4.98 Å². The van der Waals surface area contributed by atoms with Crippen molar-refractivity contribution in [2.45, 2.75) is 26.8 Å². The number of hydrogen-bond donors (Lipinski definition) is 0. The summed E-state index contributed by atoms with van der Waals surface area (Å²) < 4.78 is 2.60. The van der Waals surface area contributed by atoms with Crippen LogP contribution in [0.3, 0.4) is 0 Å². The van der Waals surface area contributed by atoms with Gasteiger partial charge in [-0.1, -0.05) is 15.9 Å². The second-order valence-corrected chi connectivity index (χ2v) is 4.97. The van der Waals surface area contributed by atoms with E-state index in [1.54, 1.807) is 10.9 Å². The first-order chi connectivity index (χ1) is 7.52. The van der Waals surface area contributed by atoms with E-state index in [4.69, 9.17) is 0 Å². The Kier molecular flexibility index (Phi) is 2.84. The van der Waals surface area contributed by atoms with Gasteiger partial charge in [-0.3, -0.25) is 9.36 Å². The predicted molar refractivity (Wildman–Crippen MR) is 68.8 cm³/mol. The van der Waals surface area contributed by atoms with Gasteiger partial charge >= 0.3 is 0 Å². The van der Waals surface area contributed by atoms with E-state index in [0.29, 0.717) is 5.39 Å². The summed E-state index contributed by atoms with van der Waals surface area (Å²) in [4.78, 5) is 16.6. The Morgan fingerprint density at radius 1 is 1.38 bits per heavy atom. The second kappa shape index (κ2) is 4.01. The smallest absolute Gasteiger partial charge is 0.261 e. The van der Waals surface area contributed by atoms with Crippen molar-refractivity contribution in [3.63, 3.8) is 0 Å². The largest absolute Gasteiger partial charge is 0.296 e. The fraction of sp³-hybridized carbons (Fsp3) is 0.333. The molecule has 0 bridgehead atoms. The van der Waals surface area contributed by atoms with Crippen molar-refractivity contribution >= 4 is 26.8 Å². The maximum Gasteiger partial charge on any atom is 0.261 e. The van der Waals surface area contributed by atoms with Crippen molar-refractivity contribution in [1.29, 1.82) is 0 Å². The molecule has 0 saturated carbocycles. The Hall–Kier alpha value is -1.16. The van der Waals surface area contributed by atoms with Gasteiger partial charge in [0.2, 0.25) is 0 Å². The summed E-state index contributed by atoms with van der Waals surface area (Å²) in [7, 11) is 0. The van der Waals surface area contributed by atoms with E-state index in [1.165, 1.54) is 0 Å². The highest BCUT2D eigenvalue weighted by atomic mass is 79.9. The molecule has 0 N–H and O–H groups in total. The van der Waals surface area contributed by atoms with Gasteiger partial charge in [-0.2, -0.15) is 0 Å². The van der Waals surface area contributed by atoms with Crippen LogP contribution >= 0.6 is 15.9 Å². The van der Waals surface area contributed by atoms with Crippen molar-refractivity contribution in [1.82, 2.24) is 9.55 Å². The molecule has 0 spiro atoms. The van der Waals surface area contributed by atoms with Crippen molar-refractivity contribution < 1.29 is 0 Å². The summed E-state index contributed by atoms with van der Waals surface area (Å²) in [5.74, 6) is 0. The molecule has 0 aliphatic heterocycles. The molecule has 2 aromatic rings. The maximum atomic E-state index is 12.2. The third kappa shape index (κ3) is 1.67. The van der Waals surface area contributed by atoms with Gasteiger partial charge in [0.15, 0.2) is 0 Å². The average molecular weight is 281 g/mol. The molecule has 4 heteroatoms. The van der Waals surface area contributed by atoms with Gasteiger partial charge in [0, 0.05) is 10.5 Å². The van der Waals surface area contributed by atoms with Crippen LogP contribution in [0, 0.1) is 6.92 Å². The highest BCUT2D eigenvalue weighted by Gasteiger charge is 2.10. The summed E-state index contributed by atoms with van der Waals surface area (Å²) in [5, 5.41) is 0.700. The fourth-order valence-corrected chi connectivity index (χ4v) is 2.05. The molecule has 0 saturated heterocycles. The monoisotopic (exact) mass is 280 g/mol. The zero-order valence-electron chi connectivity index (χ0n) is 9.49. The molecule has 0 fully saturated rings. The lowest BCUT2D eigenvalue weighted by atomic mass is 10.1. The molecule has 84 valence electrons. The minimum Gasteiger partial charge on any atom is -0.296 e. The highest BCUT2D eigenvalue weighted by Crippen LogP contribution is 2.22.